The first-order valence-electron chi connectivity index (χ1n) is 6.39. The summed E-state index contributed by atoms with van der Waals surface area (Å²) in [4.78, 5) is 0. The quantitative estimate of drug-likeness (QED) is 0.891. The van der Waals surface area contributed by atoms with Gasteiger partial charge in [-0.15, -0.1) is 0 Å². The van der Waals surface area contributed by atoms with Crippen molar-refractivity contribution in [2.45, 2.75) is 38.2 Å². The van der Waals surface area contributed by atoms with Crippen molar-refractivity contribution >= 4 is 0 Å². The lowest BCUT2D eigenvalue weighted by Crippen LogP contribution is -2.35. The molecule has 1 aliphatic rings. The molecular weight excluding hydrogens is 236 g/mol. The molecule has 0 aliphatic carbocycles. The summed E-state index contributed by atoms with van der Waals surface area (Å²) in [5.41, 5.74) is 0.941. The Bertz CT molecular complexity index is 389. The highest BCUT2D eigenvalue weighted by atomic mass is 19.3. The molecule has 0 aromatic heterocycles. The summed E-state index contributed by atoms with van der Waals surface area (Å²) in [6.07, 6.45) is 1.83. The number of halogens is 2. The highest BCUT2D eigenvalue weighted by Gasteiger charge is 2.17. The van der Waals surface area contributed by atoms with Crippen LogP contribution in [0.5, 0.6) is 5.75 Å². The minimum atomic E-state index is -2.42. The van der Waals surface area contributed by atoms with Gasteiger partial charge in [0.1, 0.15) is 5.75 Å². The second kappa shape index (κ2) is 6.14. The molecule has 1 N–H and O–H groups in total. The molecule has 0 bridgehead atoms. The highest BCUT2D eigenvalue weighted by molar-refractivity contribution is 5.38. The smallest absolute Gasteiger partial charge is 0.263 e. The van der Waals surface area contributed by atoms with Crippen LogP contribution in [-0.2, 0) is 6.42 Å². The Morgan fingerprint density at radius 1 is 1.39 bits per heavy atom. The van der Waals surface area contributed by atoms with Crippen molar-refractivity contribution in [3.8, 4) is 5.75 Å². The highest BCUT2D eigenvalue weighted by Crippen LogP contribution is 2.27. The van der Waals surface area contributed by atoms with E-state index in [-0.39, 0.29) is 5.56 Å². The van der Waals surface area contributed by atoms with Crippen molar-refractivity contribution in [3.63, 3.8) is 0 Å². The molecule has 1 fully saturated rings. The molecule has 100 valence electrons. The average Bonchev–Trinajstić information content (AvgIpc) is 2.39. The van der Waals surface area contributed by atoms with E-state index < -0.39 is 6.43 Å². The van der Waals surface area contributed by atoms with Gasteiger partial charge in [0, 0.05) is 11.6 Å². The van der Waals surface area contributed by atoms with Gasteiger partial charge in [0.25, 0.3) is 6.43 Å². The molecule has 2 rings (SSSR count). The van der Waals surface area contributed by atoms with E-state index in [1.807, 2.05) is 0 Å². The van der Waals surface area contributed by atoms with Crippen LogP contribution < -0.4 is 10.1 Å². The Labute approximate surface area is 106 Å². The standard InChI is InChI=1S/C14H19F2NO/c1-18-13-6-5-10(14(15)16)8-11(13)9-12-4-2-3-7-17-12/h5-6,8,12,14,17H,2-4,7,9H2,1H3. The van der Waals surface area contributed by atoms with Crippen molar-refractivity contribution < 1.29 is 13.5 Å². The Balaban J connectivity index is 2.15. The summed E-state index contributed by atoms with van der Waals surface area (Å²) in [6.45, 7) is 1.02. The molecule has 0 saturated carbocycles. The molecule has 1 aromatic rings. The second-order valence-electron chi connectivity index (χ2n) is 4.72. The van der Waals surface area contributed by atoms with Crippen LogP contribution >= 0.6 is 0 Å². The molecule has 1 aliphatic heterocycles. The summed E-state index contributed by atoms with van der Waals surface area (Å²) in [6, 6.07) is 5.02. The zero-order chi connectivity index (χ0) is 13.0. The largest absolute Gasteiger partial charge is 0.496 e. The zero-order valence-corrected chi connectivity index (χ0v) is 10.6. The monoisotopic (exact) mass is 255 g/mol. The van der Waals surface area contributed by atoms with E-state index >= 15 is 0 Å². The van der Waals surface area contributed by atoms with Gasteiger partial charge in [0.2, 0.25) is 0 Å². The molecule has 0 amide bonds. The molecular formula is C14H19F2NO. The van der Waals surface area contributed by atoms with Crippen LogP contribution in [0, 0.1) is 0 Å². The maximum Gasteiger partial charge on any atom is 0.263 e. The summed E-state index contributed by atoms with van der Waals surface area (Å²) < 4.78 is 30.7. The molecule has 1 unspecified atom stereocenters. The second-order valence-corrected chi connectivity index (χ2v) is 4.72. The Morgan fingerprint density at radius 2 is 2.22 bits per heavy atom. The van der Waals surface area contributed by atoms with Crippen molar-refractivity contribution in [2.75, 3.05) is 13.7 Å². The number of hydrogen-bond acceptors (Lipinski definition) is 2. The number of piperidine rings is 1. The molecule has 0 radical (unpaired) electrons. The number of hydrogen-bond donors (Lipinski definition) is 1. The van der Waals surface area contributed by atoms with Gasteiger partial charge in [0.05, 0.1) is 7.11 Å². The van der Waals surface area contributed by atoms with Crippen LogP contribution in [0.1, 0.15) is 36.8 Å². The van der Waals surface area contributed by atoms with E-state index in [1.54, 1.807) is 19.2 Å². The topological polar surface area (TPSA) is 21.3 Å². The zero-order valence-electron chi connectivity index (χ0n) is 10.6. The lowest BCUT2D eigenvalue weighted by molar-refractivity contribution is 0.151. The molecule has 1 saturated heterocycles. The molecule has 1 heterocycles. The van der Waals surface area contributed by atoms with Gasteiger partial charge in [-0.3, -0.25) is 0 Å². The van der Waals surface area contributed by atoms with Crippen LogP contribution in [-0.4, -0.2) is 19.7 Å². The molecule has 18 heavy (non-hydrogen) atoms. The minimum absolute atomic E-state index is 0.0709. The molecule has 1 aromatic carbocycles. The van der Waals surface area contributed by atoms with Crippen LogP contribution in [0.25, 0.3) is 0 Å². The normalized spacial score (nSPS) is 20.1. The maximum atomic E-state index is 12.7. The van der Waals surface area contributed by atoms with E-state index in [0.717, 1.165) is 24.9 Å². The van der Waals surface area contributed by atoms with Crippen LogP contribution in [0.15, 0.2) is 18.2 Å². The number of nitrogens with one attached hydrogen (secondary N) is 1. The van der Waals surface area contributed by atoms with E-state index in [0.29, 0.717) is 11.8 Å². The number of ether oxygens (including phenoxy) is 1. The van der Waals surface area contributed by atoms with Crippen LogP contribution in [0.4, 0.5) is 8.78 Å². The predicted octanol–water partition coefficient (Wildman–Crippen LogP) is 3.32. The first kappa shape index (κ1) is 13.3. The van der Waals surface area contributed by atoms with Gasteiger partial charge >= 0.3 is 0 Å². The number of benzene rings is 1. The van der Waals surface area contributed by atoms with Crippen LogP contribution in [0.2, 0.25) is 0 Å². The third kappa shape index (κ3) is 3.19. The van der Waals surface area contributed by atoms with Crippen molar-refractivity contribution in [1.82, 2.24) is 5.32 Å². The van der Waals surface area contributed by atoms with E-state index in [2.05, 4.69) is 5.32 Å². The summed E-state index contributed by atoms with van der Waals surface area (Å²) >= 11 is 0. The van der Waals surface area contributed by atoms with Gasteiger partial charge in [-0.1, -0.05) is 6.42 Å². The third-order valence-electron chi connectivity index (χ3n) is 3.44. The molecule has 0 spiro atoms. The lowest BCUT2D eigenvalue weighted by atomic mass is 9.96. The van der Waals surface area contributed by atoms with Crippen molar-refractivity contribution in [2.24, 2.45) is 0 Å². The van der Waals surface area contributed by atoms with E-state index in [4.69, 9.17) is 4.74 Å². The Kier molecular flexibility index (Phi) is 4.53. The van der Waals surface area contributed by atoms with E-state index in [1.165, 1.54) is 18.9 Å². The third-order valence-corrected chi connectivity index (χ3v) is 3.44. The van der Waals surface area contributed by atoms with Gasteiger partial charge in [-0.05, 0) is 49.6 Å². The lowest BCUT2D eigenvalue weighted by Gasteiger charge is -2.24. The first-order valence-corrected chi connectivity index (χ1v) is 6.39. The van der Waals surface area contributed by atoms with Crippen molar-refractivity contribution in [1.29, 1.82) is 0 Å². The molecule has 4 heteroatoms. The first-order chi connectivity index (χ1) is 8.70. The van der Waals surface area contributed by atoms with Gasteiger partial charge in [0.15, 0.2) is 0 Å². The van der Waals surface area contributed by atoms with E-state index in [9.17, 15) is 8.78 Å². The predicted molar refractivity (Wildman–Crippen MR) is 67.3 cm³/mol. The summed E-state index contributed by atoms with van der Waals surface area (Å²) in [5, 5.41) is 3.42. The summed E-state index contributed by atoms with van der Waals surface area (Å²) in [7, 11) is 1.58. The minimum Gasteiger partial charge on any atom is -0.496 e. The molecule has 1 atom stereocenters. The number of alkyl halides is 2. The SMILES string of the molecule is COc1ccc(C(F)F)cc1CC1CCCCN1. The van der Waals surface area contributed by atoms with Gasteiger partial charge < -0.3 is 10.1 Å². The Hall–Kier alpha value is -1.16. The maximum absolute atomic E-state index is 12.7. The Morgan fingerprint density at radius 3 is 2.83 bits per heavy atom. The number of methoxy groups -OCH3 is 1. The average molecular weight is 255 g/mol. The van der Waals surface area contributed by atoms with Gasteiger partial charge in [-0.2, -0.15) is 0 Å². The molecule has 2 nitrogen and oxygen atoms in total. The number of rotatable bonds is 4. The summed E-state index contributed by atoms with van der Waals surface area (Å²) in [5.74, 6) is 0.701. The fraction of sp³-hybridized carbons (Fsp3) is 0.571. The van der Waals surface area contributed by atoms with Gasteiger partial charge in [-0.25, -0.2) is 8.78 Å². The fourth-order valence-electron chi connectivity index (χ4n) is 2.46. The van der Waals surface area contributed by atoms with Crippen molar-refractivity contribution in [3.05, 3.63) is 29.3 Å². The van der Waals surface area contributed by atoms with Crippen LogP contribution in [0.3, 0.4) is 0 Å². The fourth-order valence-corrected chi connectivity index (χ4v) is 2.46.